The molecule has 0 saturated heterocycles. The lowest BCUT2D eigenvalue weighted by Gasteiger charge is -2.15. The van der Waals surface area contributed by atoms with Gasteiger partial charge in [-0.3, -0.25) is 9.59 Å². The number of phenolic OH excluding ortho intramolecular Hbond substituents is 1. The molecule has 1 atom stereocenters. The zero-order valence-corrected chi connectivity index (χ0v) is 14.1. The Balaban J connectivity index is 0.00000441. The minimum absolute atomic E-state index is 0. The Kier molecular flexibility index (Phi) is 7.90. The summed E-state index contributed by atoms with van der Waals surface area (Å²) in [6.07, 6.45) is 0. The van der Waals surface area contributed by atoms with Crippen molar-refractivity contribution in [1.82, 2.24) is 5.32 Å². The van der Waals surface area contributed by atoms with E-state index in [4.69, 9.17) is 5.73 Å². The van der Waals surface area contributed by atoms with Crippen LogP contribution in [0.25, 0.3) is 0 Å². The van der Waals surface area contributed by atoms with Gasteiger partial charge < -0.3 is 21.5 Å². The number of phenols is 1. The molecular formula is C15H24ClN3O3. The van der Waals surface area contributed by atoms with Crippen molar-refractivity contribution >= 4 is 29.9 Å². The molecule has 0 radical (unpaired) electrons. The third-order valence-corrected chi connectivity index (χ3v) is 3.35. The topological polar surface area (TPSA) is 104 Å². The van der Waals surface area contributed by atoms with E-state index in [1.54, 1.807) is 26.0 Å². The first-order valence-electron chi connectivity index (χ1n) is 6.86. The number of nitrogens with one attached hydrogen (secondary N) is 2. The van der Waals surface area contributed by atoms with Crippen molar-refractivity contribution in [3.05, 3.63) is 23.3 Å². The van der Waals surface area contributed by atoms with Gasteiger partial charge in [-0.05, 0) is 31.4 Å². The highest BCUT2D eigenvalue weighted by molar-refractivity contribution is 5.96. The van der Waals surface area contributed by atoms with Crippen LogP contribution in [0.4, 0.5) is 5.69 Å². The first-order chi connectivity index (χ1) is 9.73. The molecule has 0 aliphatic rings. The number of benzene rings is 1. The van der Waals surface area contributed by atoms with E-state index in [-0.39, 0.29) is 42.4 Å². The summed E-state index contributed by atoms with van der Waals surface area (Å²) in [5.41, 5.74) is 7.53. The van der Waals surface area contributed by atoms with E-state index in [2.05, 4.69) is 10.6 Å². The summed E-state index contributed by atoms with van der Waals surface area (Å²) in [5, 5.41) is 15.0. The standard InChI is InChI=1S/C15H23N3O3.ClH/c1-8(2)13(16)15(21)17-7-12(19)18-11-6-5-9(3)14(20)10(11)4;/h5-6,8,13,20H,7,16H2,1-4H3,(H,17,21)(H,18,19);1H/t13-;/m0./s1. The summed E-state index contributed by atoms with van der Waals surface area (Å²) < 4.78 is 0. The van der Waals surface area contributed by atoms with Crippen LogP contribution in [0, 0.1) is 19.8 Å². The van der Waals surface area contributed by atoms with Gasteiger partial charge in [-0.15, -0.1) is 12.4 Å². The second-order valence-corrected chi connectivity index (χ2v) is 5.44. The van der Waals surface area contributed by atoms with Crippen molar-refractivity contribution in [2.24, 2.45) is 11.7 Å². The number of carbonyl (C=O) groups is 2. The van der Waals surface area contributed by atoms with E-state index in [0.717, 1.165) is 5.56 Å². The molecule has 7 heteroatoms. The maximum Gasteiger partial charge on any atom is 0.243 e. The van der Waals surface area contributed by atoms with Crippen molar-refractivity contribution in [1.29, 1.82) is 0 Å². The molecule has 0 aliphatic heterocycles. The quantitative estimate of drug-likeness (QED) is 0.656. The molecule has 2 amide bonds. The molecule has 0 aliphatic carbocycles. The average Bonchev–Trinajstić information content (AvgIpc) is 2.44. The minimum atomic E-state index is -0.636. The van der Waals surface area contributed by atoms with Gasteiger partial charge in [0.2, 0.25) is 11.8 Å². The normalized spacial score (nSPS) is 11.5. The summed E-state index contributed by atoms with van der Waals surface area (Å²) in [6.45, 7) is 7.01. The Morgan fingerprint density at radius 2 is 1.86 bits per heavy atom. The van der Waals surface area contributed by atoms with E-state index in [1.165, 1.54) is 0 Å². The van der Waals surface area contributed by atoms with E-state index in [9.17, 15) is 14.7 Å². The van der Waals surface area contributed by atoms with Gasteiger partial charge >= 0.3 is 0 Å². The molecule has 0 heterocycles. The molecule has 0 fully saturated rings. The second-order valence-electron chi connectivity index (χ2n) is 5.44. The van der Waals surface area contributed by atoms with Crippen LogP contribution >= 0.6 is 12.4 Å². The van der Waals surface area contributed by atoms with Crippen molar-refractivity contribution in [3.8, 4) is 5.75 Å². The summed E-state index contributed by atoms with van der Waals surface area (Å²) in [6, 6.07) is 2.79. The number of anilines is 1. The number of hydrogen-bond acceptors (Lipinski definition) is 4. The van der Waals surface area contributed by atoms with Crippen molar-refractivity contribution < 1.29 is 14.7 Å². The van der Waals surface area contributed by atoms with Gasteiger partial charge in [0.1, 0.15) is 5.75 Å². The number of hydrogen-bond donors (Lipinski definition) is 4. The predicted octanol–water partition coefficient (Wildman–Crippen LogP) is 1.47. The molecule has 0 unspecified atom stereocenters. The van der Waals surface area contributed by atoms with Crippen LogP contribution in [0.15, 0.2) is 12.1 Å². The Bertz CT molecular complexity index is 547. The lowest BCUT2D eigenvalue weighted by Crippen LogP contribution is -2.46. The molecule has 0 aromatic heterocycles. The van der Waals surface area contributed by atoms with E-state index >= 15 is 0 Å². The molecule has 1 rings (SSSR count). The number of halogens is 1. The third kappa shape index (κ3) is 5.20. The van der Waals surface area contributed by atoms with Crippen molar-refractivity contribution in [2.75, 3.05) is 11.9 Å². The molecule has 1 aromatic rings. The highest BCUT2D eigenvalue weighted by Crippen LogP contribution is 2.27. The molecule has 124 valence electrons. The first-order valence-corrected chi connectivity index (χ1v) is 6.86. The number of nitrogens with two attached hydrogens (primary N) is 1. The van der Waals surface area contributed by atoms with Crippen LogP contribution in [0.2, 0.25) is 0 Å². The summed E-state index contributed by atoms with van der Waals surface area (Å²) in [4.78, 5) is 23.5. The van der Waals surface area contributed by atoms with Crippen LogP contribution in [0.3, 0.4) is 0 Å². The number of aryl methyl sites for hydroxylation is 1. The molecule has 6 nitrogen and oxygen atoms in total. The Morgan fingerprint density at radius 1 is 1.27 bits per heavy atom. The lowest BCUT2D eigenvalue weighted by molar-refractivity contribution is -0.125. The Morgan fingerprint density at radius 3 is 2.41 bits per heavy atom. The fourth-order valence-electron chi connectivity index (χ4n) is 1.75. The molecule has 0 saturated carbocycles. The van der Waals surface area contributed by atoms with Crippen molar-refractivity contribution in [2.45, 2.75) is 33.7 Å². The molecule has 1 aromatic carbocycles. The van der Waals surface area contributed by atoms with Crippen LogP contribution in [0.5, 0.6) is 5.75 Å². The maximum atomic E-state index is 11.8. The van der Waals surface area contributed by atoms with Crippen molar-refractivity contribution in [3.63, 3.8) is 0 Å². The van der Waals surface area contributed by atoms with E-state index in [0.29, 0.717) is 11.3 Å². The smallest absolute Gasteiger partial charge is 0.243 e. The predicted molar refractivity (Wildman–Crippen MR) is 89.3 cm³/mol. The van der Waals surface area contributed by atoms with Crippen LogP contribution in [0.1, 0.15) is 25.0 Å². The monoisotopic (exact) mass is 329 g/mol. The van der Waals surface area contributed by atoms with Gasteiger partial charge in [0.15, 0.2) is 0 Å². The first kappa shape index (κ1) is 20.2. The number of carbonyl (C=O) groups excluding carboxylic acids is 2. The molecule has 0 spiro atoms. The third-order valence-electron chi connectivity index (χ3n) is 3.35. The highest BCUT2D eigenvalue weighted by atomic mass is 35.5. The fraction of sp³-hybridized carbons (Fsp3) is 0.467. The number of rotatable bonds is 5. The number of aromatic hydroxyl groups is 1. The largest absolute Gasteiger partial charge is 0.507 e. The van der Waals surface area contributed by atoms with E-state index < -0.39 is 6.04 Å². The minimum Gasteiger partial charge on any atom is -0.507 e. The van der Waals surface area contributed by atoms with Gasteiger partial charge in [-0.25, -0.2) is 0 Å². The van der Waals surface area contributed by atoms with Gasteiger partial charge in [-0.2, -0.15) is 0 Å². The van der Waals surface area contributed by atoms with Gasteiger partial charge in [-0.1, -0.05) is 19.9 Å². The molecule has 5 N–H and O–H groups in total. The Hall–Kier alpha value is -1.79. The average molecular weight is 330 g/mol. The fourth-order valence-corrected chi connectivity index (χ4v) is 1.75. The van der Waals surface area contributed by atoms with Gasteiger partial charge in [0, 0.05) is 11.3 Å². The van der Waals surface area contributed by atoms with Crippen LogP contribution in [-0.4, -0.2) is 29.5 Å². The van der Waals surface area contributed by atoms with E-state index in [1.807, 2.05) is 13.8 Å². The Labute approximate surface area is 136 Å². The van der Waals surface area contributed by atoms with Gasteiger partial charge in [0.25, 0.3) is 0 Å². The summed E-state index contributed by atoms with van der Waals surface area (Å²) in [5.74, 6) is -0.572. The highest BCUT2D eigenvalue weighted by Gasteiger charge is 2.18. The summed E-state index contributed by atoms with van der Waals surface area (Å²) >= 11 is 0. The van der Waals surface area contributed by atoms with Crippen LogP contribution < -0.4 is 16.4 Å². The molecular weight excluding hydrogens is 306 g/mol. The van der Waals surface area contributed by atoms with Crippen LogP contribution in [-0.2, 0) is 9.59 Å². The molecule has 0 bridgehead atoms. The zero-order valence-electron chi connectivity index (χ0n) is 13.3. The maximum absolute atomic E-state index is 11.8. The zero-order chi connectivity index (χ0) is 16.2. The number of amides is 2. The second kappa shape index (κ2) is 8.60. The lowest BCUT2D eigenvalue weighted by atomic mass is 10.1. The SMILES string of the molecule is Cc1ccc(NC(=O)CNC(=O)[C@@H](N)C(C)C)c(C)c1O.Cl. The summed E-state index contributed by atoms with van der Waals surface area (Å²) in [7, 11) is 0. The van der Waals surface area contributed by atoms with Gasteiger partial charge in [0.05, 0.1) is 12.6 Å². The molecule has 22 heavy (non-hydrogen) atoms.